The third-order valence-corrected chi connectivity index (χ3v) is 2.83. The predicted octanol–water partition coefficient (Wildman–Crippen LogP) is 1.09. The van der Waals surface area contributed by atoms with E-state index >= 15 is 0 Å². The summed E-state index contributed by atoms with van der Waals surface area (Å²) in [5.41, 5.74) is -0.617. The van der Waals surface area contributed by atoms with Crippen molar-refractivity contribution in [2.75, 3.05) is 19.6 Å². The first-order valence-electron chi connectivity index (χ1n) is 4.91. The third kappa shape index (κ3) is 2.46. The first-order chi connectivity index (χ1) is 6.58. The Labute approximate surface area is 84.1 Å². The Bertz CT molecular complexity index is 259. The molecule has 1 aliphatic rings. The molecule has 4 nitrogen and oxygen atoms in total. The molecule has 0 amide bonds. The Balaban J connectivity index is 2.52. The van der Waals surface area contributed by atoms with E-state index in [1.807, 2.05) is 0 Å². The molecule has 1 N–H and O–H groups in total. The molecule has 1 unspecified atom stereocenters. The van der Waals surface area contributed by atoms with Crippen LogP contribution >= 0.6 is 0 Å². The lowest BCUT2D eigenvalue weighted by Gasteiger charge is -2.37. The zero-order valence-electron chi connectivity index (χ0n) is 8.49. The van der Waals surface area contributed by atoms with Gasteiger partial charge in [0.1, 0.15) is 0 Å². The molecule has 4 heteroatoms. The fourth-order valence-electron chi connectivity index (χ4n) is 1.92. The molecule has 1 rings (SSSR count). The maximum atomic E-state index is 11.0. The number of carbonyl (C=O) groups is 1. The van der Waals surface area contributed by atoms with Crippen molar-refractivity contribution in [3.05, 3.63) is 0 Å². The number of hydrogen-bond acceptors (Lipinski definition) is 3. The van der Waals surface area contributed by atoms with Crippen molar-refractivity contribution in [1.29, 1.82) is 5.26 Å². The molecule has 1 atom stereocenters. The highest BCUT2D eigenvalue weighted by Gasteiger charge is 2.37. The van der Waals surface area contributed by atoms with E-state index in [1.165, 1.54) is 0 Å². The quantitative estimate of drug-likeness (QED) is 0.733. The summed E-state index contributed by atoms with van der Waals surface area (Å²) < 4.78 is 0. The monoisotopic (exact) mass is 196 g/mol. The molecular formula is C10H16N2O2. The van der Waals surface area contributed by atoms with Crippen molar-refractivity contribution in [2.24, 2.45) is 5.41 Å². The van der Waals surface area contributed by atoms with Gasteiger partial charge in [-0.15, -0.1) is 0 Å². The Hall–Kier alpha value is -1.08. The van der Waals surface area contributed by atoms with Gasteiger partial charge in [-0.2, -0.15) is 5.26 Å². The lowest BCUT2D eigenvalue weighted by Crippen LogP contribution is -2.46. The average Bonchev–Trinajstić information content (AvgIpc) is 2.15. The number of carboxylic acid groups (broad SMARTS) is 1. The van der Waals surface area contributed by atoms with Crippen LogP contribution in [0.4, 0.5) is 0 Å². The minimum atomic E-state index is -0.723. The molecule has 0 aromatic carbocycles. The van der Waals surface area contributed by atoms with Crippen molar-refractivity contribution in [2.45, 2.75) is 26.2 Å². The molecule has 1 saturated heterocycles. The van der Waals surface area contributed by atoms with Gasteiger partial charge in [-0.05, 0) is 26.3 Å². The van der Waals surface area contributed by atoms with Gasteiger partial charge in [0, 0.05) is 19.5 Å². The molecule has 0 aliphatic carbocycles. The van der Waals surface area contributed by atoms with Crippen LogP contribution < -0.4 is 0 Å². The fraction of sp³-hybridized carbons (Fsp3) is 0.800. The van der Waals surface area contributed by atoms with Crippen LogP contribution in [0.1, 0.15) is 26.2 Å². The number of hydrogen-bond donors (Lipinski definition) is 1. The van der Waals surface area contributed by atoms with Crippen LogP contribution in [0.5, 0.6) is 0 Å². The van der Waals surface area contributed by atoms with Crippen molar-refractivity contribution in [1.82, 2.24) is 4.90 Å². The predicted molar refractivity (Wildman–Crippen MR) is 51.6 cm³/mol. The second kappa shape index (κ2) is 4.43. The van der Waals surface area contributed by atoms with Gasteiger partial charge < -0.3 is 10.0 Å². The number of nitrogens with zero attached hydrogens (tertiary/aromatic N) is 2. The molecule has 0 aromatic rings. The Kier molecular flexibility index (Phi) is 3.48. The van der Waals surface area contributed by atoms with Gasteiger partial charge in [0.05, 0.1) is 11.5 Å². The molecule has 1 fully saturated rings. The van der Waals surface area contributed by atoms with Gasteiger partial charge in [-0.1, -0.05) is 0 Å². The van der Waals surface area contributed by atoms with Crippen LogP contribution in [0, 0.1) is 16.7 Å². The minimum Gasteiger partial charge on any atom is -0.481 e. The minimum absolute atomic E-state index is 0.482. The first kappa shape index (κ1) is 11.0. The summed E-state index contributed by atoms with van der Waals surface area (Å²) in [5, 5.41) is 17.5. The topological polar surface area (TPSA) is 64.3 Å². The van der Waals surface area contributed by atoms with Gasteiger partial charge in [0.15, 0.2) is 0 Å². The number of rotatable bonds is 3. The average molecular weight is 196 g/mol. The summed E-state index contributed by atoms with van der Waals surface area (Å²) in [7, 11) is 0. The molecule has 0 aromatic heterocycles. The number of piperidine rings is 1. The summed E-state index contributed by atoms with van der Waals surface area (Å²) in [6, 6.07) is 2.08. The normalized spacial score (nSPS) is 28.3. The number of likely N-dealkylation sites (tertiary alicyclic amines) is 1. The summed E-state index contributed by atoms with van der Waals surface area (Å²) in [6.07, 6.45) is 2.13. The second-order valence-electron chi connectivity index (χ2n) is 4.15. The largest absolute Gasteiger partial charge is 0.481 e. The lowest BCUT2D eigenvalue weighted by atomic mass is 9.82. The highest BCUT2D eigenvalue weighted by Crippen LogP contribution is 2.29. The molecule has 14 heavy (non-hydrogen) atoms. The van der Waals surface area contributed by atoms with Gasteiger partial charge in [0.2, 0.25) is 0 Å². The SMILES string of the molecule is CC1(C(=O)O)CCCN(CCC#N)C1. The van der Waals surface area contributed by atoms with E-state index in [1.54, 1.807) is 6.92 Å². The molecule has 0 bridgehead atoms. The second-order valence-corrected chi connectivity index (χ2v) is 4.15. The van der Waals surface area contributed by atoms with Crippen LogP contribution in [0.2, 0.25) is 0 Å². The van der Waals surface area contributed by atoms with Crippen LogP contribution in [0.25, 0.3) is 0 Å². The summed E-state index contributed by atoms with van der Waals surface area (Å²) in [6.45, 7) is 3.97. The Morgan fingerprint density at radius 2 is 2.43 bits per heavy atom. The van der Waals surface area contributed by atoms with E-state index in [2.05, 4.69) is 11.0 Å². The summed E-state index contributed by atoms with van der Waals surface area (Å²) in [4.78, 5) is 13.1. The fourth-order valence-corrected chi connectivity index (χ4v) is 1.92. The Morgan fingerprint density at radius 3 is 3.00 bits per heavy atom. The van der Waals surface area contributed by atoms with Crippen LogP contribution in [0.3, 0.4) is 0 Å². The van der Waals surface area contributed by atoms with E-state index in [0.717, 1.165) is 19.4 Å². The molecule has 78 valence electrons. The number of nitriles is 1. The summed E-state index contributed by atoms with van der Waals surface area (Å²) >= 11 is 0. The lowest BCUT2D eigenvalue weighted by molar-refractivity contribution is -0.151. The Morgan fingerprint density at radius 1 is 1.71 bits per heavy atom. The number of aliphatic carboxylic acids is 1. The maximum absolute atomic E-state index is 11.0. The molecule has 1 heterocycles. The zero-order chi connectivity index (χ0) is 10.6. The van der Waals surface area contributed by atoms with E-state index in [-0.39, 0.29) is 0 Å². The third-order valence-electron chi connectivity index (χ3n) is 2.83. The standard InChI is InChI=1S/C10H16N2O2/c1-10(9(13)14)4-2-6-12(8-10)7-3-5-11/h2-4,6-8H2,1H3,(H,13,14). The molecule has 0 radical (unpaired) electrons. The highest BCUT2D eigenvalue weighted by atomic mass is 16.4. The van der Waals surface area contributed by atoms with Crippen molar-refractivity contribution >= 4 is 5.97 Å². The van der Waals surface area contributed by atoms with Crippen LogP contribution in [0.15, 0.2) is 0 Å². The maximum Gasteiger partial charge on any atom is 0.310 e. The van der Waals surface area contributed by atoms with Crippen molar-refractivity contribution in [3.63, 3.8) is 0 Å². The highest BCUT2D eigenvalue weighted by molar-refractivity contribution is 5.74. The molecule has 0 saturated carbocycles. The molecule has 0 spiro atoms. The van der Waals surface area contributed by atoms with Gasteiger partial charge >= 0.3 is 5.97 Å². The smallest absolute Gasteiger partial charge is 0.310 e. The van der Waals surface area contributed by atoms with Gasteiger partial charge in [-0.3, -0.25) is 4.79 Å². The first-order valence-corrected chi connectivity index (χ1v) is 4.91. The molecule has 1 aliphatic heterocycles. The van der Waals surface area contributed by atoms with E-state index in [0.29, 0.717) is 19.5 Å². The van der Waals surface area contributed by atoms with E-state index in [9.17, 15) is 4.79 Å². The van der Waals surface area contributed by atoms with Crippen molar-refractivity contribution < 1.29 is 9.90 Å². The summed E-state index contributed by atoms with van der Waals surface area (Å²) in [5.74, 6) is -0.723. The van der Waals surface area contributed by atoms with Crippen molar-refractivity contribution in [3.8, 4) is 6.07 Å². The zero-order valence-corrected chi connectivity index (χ0v) is 8.49. The van der Waals surface area contributed by atoms with Gasteiger partial charge in [-0.25, -0.2) is 0 Å². The molecular weight excluding hydrogens is 180 g/mol. The van der Waals surface area contributed by atoms with Crippen LogP contribution in [-0.2, 0) is 4.79 Å². The van der Waals surface area contributed by atoms with E-state index < -0.39 is 11.4 Å². The number of carboxylic acids is 1. The van der Waals surface area contributed by atoms with E-state index in [4.69, 9.17) is 10.4 Å². The van der Waals surface area contributed by atoms with Gasteiger partial charge in [0.25, 0.3) is 0 Å². The van der Waals surface area contributed by atoms with Crippen LogP contribution in [-0.4, -0.2) is 35.6 Å².